The van der Waals surface area contributed by atoms with Crippen LogP contribution in [0.1, 0.15) is 22.8 Å². The molecule has 0 unspecified atom stereocenters. The van der Waals surface area contributed by atoms with E-state index in [4.69, 9.17) is 5.26 Å². The highest BCUT2D eigenvalue weighted by molar-refractivity contribution is 5.98. The van der Waals surface area contributed by atoms with Crippen LogP contribution in [-0.4, -0.2) is 10.7 Å². The molecule has 0 saturated carbocycles. The zero-order valence-corrected chi connectivity index (χ0v) is 7.65. The number of nitrogens with zero attached hydrogens (tertiary/aromatic N) is 2. The van der Waals surface area contributed by atoms with Gasteiger partial charge in [-0.25, -0.2) is 0 Å². The molecule has 0 fully saturated rings. The number of carbonyl (C=O) groups excluding carboxylic acids is 1. The highest BCUT2D eigenvalue weighted by atomic mass is 19.1. The van der Waals surface area contributed by atoms with Crippen molar-refractivity contribution in [3.8, 4) is 6.07 Å². The number of ketones is 1. The Balaban J connectivity index is 3.58. The van der Waals surface area contributed by atoms with Crippen molar-refractivity contribution in [3.05, 3.63) is 39.2 Å². The highest BCUT2D eigenvalue weighted by Gasteiger charge is 2.24. The number of nitriles is 1. The lowest BCUT2D eigenvalue weighted by Crippen LogP contribution is -2.03. The zero-order chi connectivity index (χ0) is 11.6. The molecule has 5 nitrogen and oxygen atoms in total. The van der Waals surface area contributed by atoms with Gasteiger partial charge in [0.1, 0.15) is 0 Å². The molecule has 0 heterocycles. The van der Waals surface area contributed by atoms with Gasteiger partial charge < -0.3 is 0 Å². The minimum Gasteiger partial charge on any atom is -0.294 e. The lowest BCUT2D eigenvalue weighted by molar-refractivity contribution is -0.387. The molecule has 76 valence electrons. The summed E-state index contributed by atoms with van der Waals surface area (Å²) >= 11 is 0. The summed E-state index contributed by atoms with van der Waals surface area (Å²) in [4.78, 5) is 20.5. The van der Waals surface area contributed by atoms with E-state index in [2.05, 4.69) is 0 Å². The summed E-state index contributed by atoms with van der Waals surface area (Å²) in [6.45, 7) is 1.07. The molecule has 0 spiro atoms. The summed E-state index contributed by atoms with van der Waals surface area (Å²) < 4.78 is 13.2. The first kappa shape index (κ1) is 10.8. The van der Waals surface area contributed by atoms with E-state index in [0.717, 1.165) is 19.1 Å². The van der Waals surface area contributed by atoms with Crippen LogP contribution in [0.5, 0.6) is 0 Å². The third-order valence-corrected chi connectivity index (χ3v) is 1.75. The second kappa shape index (κ2) is 3.84. The van der Waals surface area contributed by atoms with Crippen LogP contribution in [-0.2, 0) is 0 Å². The van der Waals surface area contributed by atoms with E-state index >= 15 is 0 Å². The van der Waals surface area contributed by atoms with Gasteiger partial charge in [0.25, 0.3) is 0 Å². The first-order chi connectivity index (χ1) is 6.97. The topological polar surface area (TPSA) is 84.0 Å². The van der Waals surface area contributed by atoms with Crippen molar-refractivity contribution in [2.45, 2.75) is 6.92 Å². The molecule has 0 amide bonds. The van der Waals surface area contributed by atoms with Crippen molar-refractivity contribution in [2.24, 2.45) is 0 Å². The Morgan fingerprint density at radius 3 is 2.60 bits per heavy atom. The zero-order valence-electron chi connectivity index (χ0n) is 7.65. The fraction of sp³-hybridized carbons (Fsp3) is 0.111. The van der Waals surface area contributed by atoms with Crippen molar-refractivity contribution in [2.75, 3.05) is 0 Å². The normalized spacial score (nSPS) is 9.40. The van der Waals surface area contributed by atoms with Gasteiger partial charge in [-0.3, -0.25) is 14.9 Å². The number of hydrogen-bond acceptors (Lipinski definition) is 4. The molecule has 1 aromatic carbocycles. The Hall–Kier alpha value is -2.29. The van der Waals surface area contributed by atoms with E-state index in [-0.39, 0.29) is 5.56 Å². The molecule has 0 bridgehead atoms. The summed E-state index contributed by atoms with van der Waals surface area (Å²) in [5, 5.41) is 19.0. The van der Waals surface area contributed by atoms with Gasteiger partial charge in [0.2, 0.25) is 5.82 Å². The van der Waals surface area contributed by atoms with Crippen LogP contribution >= 0.6 is 0 Å². The van der Waals surface area contributed by atoms with Crippen molar-refractivity contribution < 1.29 is 14.1 Å². The van der Waals surface area contributed by atoms with Gasteiger partial charge in [0, 0.05) is 0 Å². The summed E-state index contributed by atoms with van der Waals surface area (Å²) in [6, 6.07) is 3.34. The quantitative estimate of drug-likeness (QED) is 0.421. The third-order valence-electron chi connectivity index (χ3n) is 1.75. The molecular weight excluding hydrogens is 203 g/mol. The Labute approximate surface area is 83.9 Å². The van der Waals surface area contributed by atoms with Gasteiger partial charge in [0.15, 0.2) is 5.78 Å². The van der Waals surface area contributed by atoms with E-state index in [1.165, 1.54) is 0 Å². The maximum atomic E-state index is 13.2. The molecule has 15 heavy (non-hydrogen) atoms. The molecule has 6 heteroatoms. The Bertz CT molecular complexity index is 491. The summed E-state index contributed by atoms with van der Waals surface area (Å²) in [7, 11) is 0. The average Bonchev–Trinajstić information content (AvgIpc) is 2.15. The van der Waals surface area contributed by atoms with Crippen LogP contribution in [0.3, 0.4) is 0 Å². The van der Waals surface area contributed by atoms with E-state index in [1.54, 1.807) is 6.07 Å². The number of nitro groups is 1. The summed E-state index contributed by atoms with van der Waals surface area (Å²) in [5.41, 5.74) is -1.40. The van der Waals surface area contributed by atoms with Gasteiger partial charge in [-0.05, 0) is 19.1 Å². The molecule has 0 aromatic heterocycles. The molecule has 1 aromatic rings. The van der Waals surface area contributed by atoms with E-state index in [9.17, 15) is 19.3 Å². The first-order valence-corrected chi connectivity index (χ1v) is 3.86. The molecule has 0 aliphatic heterocycles. The van der Waals surface area contributed by atoms with Gasteiger partial charge in [-0.15, -0.1) is 0 Å². The number of nitro benzene ring substituents is 1. The van der Waals surface area contributed by atoms with Gasteiger partial charge in [-0.1, -0.05) is 0 Å². The number of halogens is 1. The van der Waals surface area contributed by atoms with Crippen LogP contribution < -0.4 is 0 Å². The number of benzene rings is 1. The molecular formula is C9H5FN2O3. The second-order valence-electron chi connectivity index (χ2n) is 2.78. The van der Waals surface area contributed by atoms with Crippen molar-refractivity contribution in [1.29, 1.82) is 5.26 Å². The summed E-state index contributed by atoms with van der Waals surface area (Å²) in [6.07, 6.45) is 0. The second-order valence-corrected chi connectivity index (χ2v) is 2.78. The average molecular weight is 208 g/mol. The summed E-state index contributed by atoms with van der Waals surface area (Å²) in [5.74, 6) is -1.83. The maximum Gasteiger partial charge on any atom is 0.315 e. The van der Waals surface area contributed by atoms with E-state index in [0.29, 0.717) is 0 Å². The van der Waals surface area contributed by atoms with Crippen LogP contribution in [0, 0.1) is 27.3 Å². The van der Waals surface area contributed by atoms with Crippen LogP contribution in [0.2, 0.25) is 0 Å². The smallest absolute Gasteiger partial charge is 0.294 e. The number of Topliss-reactive ketones (excluding diaryl/α,β-unsaturated/α-hetero) is 1. The van der Waals surface area contributed by atoms with Crippen molar-refractivity contribution in [3.63, 3.8) is 0 Å². The minimum absolute atomic E-state index is 0.122. The maximum absolute atomic E-state index is 13.2. The minimum atomic E-state index is -1.18. The predicted molar refractivity (Wildman–Crippen MR) is 47.8 cm³/mol. The molecule has 0 saturated heterocycles. The van der Waals surface area contributed by atoms with E-state index < -0.39 is 27.8 Å². The monoisotopic (exact) mass is 208 g/mol. The van der Waals surface area contributed by atoms with Crippen LogP contribution in [0.25, 0.3) is 0 Å². The van der Waals surface area contributed by atoms with E-state index in [1.807, 2.05) is 0 Å². The third kappa shape index (κ3) is 1.96. The van der Waals surface area contributed by atoms with Crippen molar-refractivity contribution >= 4 is 11.5 Å². The van der Waals surface area contributed by atoms with Gasteiger partial charge >= 0.3 is 5.69 Å². The lowest BCUT2D eigenvalue weighted by Gasteiger charge is -2.00. The Morgan fingerprint density at radius 2 is 2.20 bits per heavy atom. The van der Waals surface area contributed by atoms with Crippen LogP contribution in [0.4, 0.5) is 10.1 Å². The number of carbonyl (C=O) groups is 1. The Morgan fingerprint density at radius 1 is 1.60 bits per heavy atom. The number of hydrogen-bond donors (Lipinski definition) is 0. The molecule has 0 atom stereocenters. The molecule has 0 N–H and O–H groups in total. The Kier molecular flexibility index (Phi) is 2.76. The van der Waals surface area contributed by atoms with Crippen molar-refractivity contribution in [1.82, 2.24) is 0 Å². The van der Waals surface area contributed by atoms with Gasteiger partial charge in [-0.2, -0.15) is 9.65 Å². The van der Waals surface area contributed by atoms with Crippen LogP contribution in [0.15, 0.2) is 12.1 Å². The largest absolute Gasteiger partial charge is 0.315 e. The van der Waals surface area contributed by atoms with Gasteiger partial charge in [0.05, 0.1) is 22.1 Å². The lowest BCUT2D eigenvalue weighted by atomic mass is 10.1. The SMILES string of the molecule is CC(=O)c1cc(C#N)cc(F)c1[N+](=O)[O-]. The highest BCUT2D eigenvalue weighted by Crippen LogP contribution is 2.24. The molecule has 0 aliphatic carbocycles. The standard InChI is InChI=1S/C9H5FN2O3/c1-5(13)7-2-6(4-11)3-8(10)9(7)12(14)15/h2-3H,1H3. The molecule has 0 radical (unpaired) electrons. The fourth-order valence-corrected chi connectivity index (χ4v) is 1.12. The number of rotatable bonds is 2. The predicted octanol–water partition coefficient (Wildman–Crippen LogP) is 1.81. The molecule has 1 rings (SSSR count). The first-order valence-electron chi connectivity index (χ1n) is 3.86. The fourth-order valence-electron chi connectivity index (χ4n) is 1.12. The molecule has 0 aliphatic rings.